The summed E-state index contributed by atoms with van der Waals surface area (Å²) in [5, 5.41) is 3.43. The highest BCUT2D eigenvalue weighted by Crippen LogP contribution is 2.42. The summed E-state index contributed by atoms with van der Waals surface area (Å²) in [6.45, 7) is 2.60. The first-order chi connectivity index (χ1) is 10.7. The Morgan fingerprint density at radius 2 is 1.96 bits per heavy atom. The first-order valence-electron chi connectivity index (χ1n) is 7.58. The minimum atomic E-state index is -0.347. The Labute approximate surface area is 139 Å². The van der Waals surface area contributed by atoms with Crippen LogP contribution in [-0.2, 0) is 0 Å². The number of nitrogens with one attached hydrogen (secondary N) is 3. The number of aromatic nitrogens is 2. The van der Waals surface area contributed by atoms with Crippen LogP contribution in [0.1, 0.15) is 22.1 Å². The van der Waals surface area contributed by atoms with E-state index in [2.05, 4.69) is 27.4 Å². The van der Waals surface area contributed by atoms with E-state index in [0.717, 1.165) is 25.2 Å². The van der Waals surface area contributed by atoms with E-state index in [0.29, 0.717) is 17.5 Å². The summed E-state index contributed by atoms with van der Waals surface area (Å²) >= 11 is 0. The van der Waals surface area contributed by atoms with Gasteiger partial charge in [-0.25, -0.2) is 4.79 Å². The van der Waals surface area contributed by atoms with Crippen LogP contribution < -0.4 is 11.0 Å². The summed E-state index contributed by atoms with van der Waals surface area (Å²) in [5.41, 5.74) is 1.14. The van der Waals surface area contributed by atoms with E-state index in [9.17, 15) is 9.59 Å². The molecule has 0 saturated carbocycles. The van der Waals surface area contributed by atoms with Crippen LogP contribution in [0.25, 0.3) is 0 Å². The lowest BCUT2D eigenvalue weighted by Gasteiger charge is -2.28. The van der Waals surface area contributed by atoms with E-state index < -0.39 is 0 Å². The Morgan fingerprint density at radius 3 is 2.65 bits per heavy atom. The lowest BCUT2D eigenvalue weighted by molar-refractivity contribution is 0.0708. The maximum absolute atomic E-state index is 12.8. The number of carbonyl (C=O) groups is 1. The third-order valence-electron chi connectivity index (χ3n) is 4.79. The lowest BCUT2D eigenvalue weighted by Crippen LogP contribution is -2.35. The number of rotatable bonds is 2. The first kappa shape index (κ1) is 15.8. The molecule has 2 aliphatic rings. The average molecular weight is 335 g/mol. The van der Waals surface area contributed by atoms with Crippen LogP contribution in [0.15, 0.2) is 41.3 Å². The number of halogens is 1. The minimum absolute atomic E-state index is 0. The number of benzene rings is 1. The predicted molar refractivity (Wildman–Crippen MR) is 88.7 cm³/mol. The smallest absolute Gasteiger partial charge is 0.323 e. The van der Waals surface area contributed by atoms with Crippen molar-refractivity contribution in [3.63, 3.8) is 0 Å². The number of hydrogen-bond acceptors (Lipinski definition) is 3. The Morgan fingerprint density at radius 1 is 1.17 bits per heavy atom. The van der Waals surface area contributed by atoms with Crippen LogP contribution in [0.5, 0.6) is 0 Å². The fraction of sp³-hybridized carbons (Fsp3) is 0.375. The van der Waals surface area contributed by atoms with Crippen molar-refractivity contribution in [2.24, 2.45) is 11.8 Å². The highest BCUT2D eigenvalue weighted by Gasteiger charge is 2.47. The van der Waals surface area contributed by atoms with Crippen molar-refractivity contribution in [1.29, 1.82) is 0 Å². The molecule has 122 valence electrons. The van der Waals surface area contributed by atoms with Gasteiger partial charge in [-0.3, -0.25) is 4.79 Å². The molecule has 0 bridgehead atoms. The van der Waals surface area contributed by atoms with Gasteiger partial charge in [0, 0.05) is 31.7 Å². The zero-order valence-electron chi connectivity index (χ0n) is 12.5. The summed E-state index contributed by atoms with van der Waals surface area (Å²) < 4.78 is 0. The van der Waals surface area contributed by atoms with Gasteiger partial charge in [-0.15, -0.1) is 12.4 Å². The van der Waals surface area contributed by atoms with Crippen molar-refractivity contribution in [3.05, 3.63) is 58.3 Å². The predicted octanol–water partition coefficient (Wildman–Crippen LogP) is 1.16. The Hall–Kier alpha value is -2.05. The maximum Gasteiger partial charge on any atom is 0.323 e. The largest absolute Gasteiger partial charge is 0.330 e. The molecule has 3 atom stereocenters. The fourth-order valence-electron chi connectivity index (χ4n) is 3.81. The number of hydrogen-bond donors (Lipinski definition) is 3. The standard InChI is InChI=1S/C16H18N4O2.ClH/c21-15(13-8-18-16(22)19-13)20-9-11-6-17-7-12(11)14(20)10-4-2-1-3-5-10;/h1-5,8,11-12,14,17H,6-7,9H2,(H2,18,19,22);1H/t11-,12-,14+;/m0./s1. The minimum Gasteiger partial charge on any atom is -0.330 e. The summed E-state index contributed by atoms with van der Waals surface area (Å²) in [6.07, 6.45) is 1.46. The highest BCUT2D eigenvalue weighted by atomic mass is 35.5. The monoisotopic (exact) mass is 334 g/mol. The molecule has 0 spiro atoms. The van der Waals surface area contributed by atoms with Crippen molar-refractivity contribution in [1.82, 2.24) is 20.2 Å². The molecule has 0 aliphatic carbocycles. The molecule has 3 N–H and O–H groups in total. The van der Waals surface area contributed by atoms with Gasteiger partial charge < -0.3 is 20.2 Å². The molecule has 6 nitrogen and oxygen atoms in total. The molecule has 0 radical (unpaired) electrons. The highest BCUT2D eigenvalue weighted by molar-refractivity contribution is 5.92. The third kappa shape index (κ3) is 2.68. The van der Waals surface area contributed by atoms with Crippen LogP contribution >= 0.6 is 12.4 Å². The van der Waals surface area contributed by atoms with Crippen LogP contribution in [0.2, 0.25) is 0 Å². The topological polar surface area (TPSA) is 81.0 Å². The van der Waals surface area contributed by atoms with Gasteiger partial charge >= 0.3 is 5.69 Å². The molecule has 7 heteroatoms. The van der Waals surface area contributed by atoms with Gasteiger partial charge in [0.15, 0.2) is 0 Å². The van der Waals surface area contributed by atoms with Crippen molar-refractivity contribution in [2.45, 2.75) is 6.04 Å². The molecule has 1 aromatic heterocycles. The van der Waals surface area contributed by atoms with Gasteiger partial charge in [0.25, 0.3) is 5.91 Å². The number of aromatic amines is 2. The molecule has 2 fully saturated rings. The van der Waals surface area contributed by atoms with Crippen molar-refractivity contribution in [3.8, 4) is 0 Å². The van der Waals surface area contributed by atoms with Crippen LogP contribution in [0.3, 0.4) is 0 Å². The molecule has 23 heavy (non-hydrogen) atoms. The van der Waals surface area contributed by atoms with Crippen LogP contribution in [-0.4, -0.2) is 40.4 Å². The van der Waals surface area contributed by atoms with E-state index in [1.54, 1.807) is 0 Å². The van der Waals surface area contributed by atoms with Gasteiger partial charge in [-0.1, -0.05) is 30.3 Å². The van der Waals surface area contributed by atoms with E-state index in [4.69, 9.17) is 0 Å². The molecule has 2 aromatic rings. The van der Waals surface area contributed by atoms with E-state index in [-0.39, 0.29) is 30.0 Å². The van der Waals surface area contributed by atoms with Gasteiger partial charge in [0.2, 0.25) is 0 Å². The Balaban J connectivity index is 0.00000156. The number of fused-ring (bicyclic) bond motifs is 1. The first-order valence-corrected chi connectivity index (χ1v) is 7.58. The summed E-state index contributed by atoms with van der Waals surface area (Å²) in [4.78, 5) is 31.0. The van der Waals surface area contributed by atoms with Gasteiger partial charge in [0.05, 0.1) is 6.04 Å². The maximum atomic E-state index is 12.8. The van der Waals surface area contributed by atoms with Gasteiger partial charge in [0.1, 0.15) is 5.69 Å². The molecule has 0 unspecified atom stereocenters. The number of nitrogens with zero attached hydrogens (tertiary/aromatic N) is 1. The normalized spacial score (nSPS) is 25.9. The van der Waals surface area contributed by atoms with E-state index in [1.165, 1.54) is 6.20 Å². The molecular weight excluding hydrogens is 316 g/mol. The lowest BCUT2D eigenvalue weighted by atomic mass is 9.89. The van der Waals surface area contributed by atoms with Crippen LogP contribution in [0.4, 0.5) is 0 Å². The summed E-state index contributed by atoms with van der Waals surface area (Å²) in [7, 11) is 0. The number of likely N-dealkylation sites (tertiary alicyclic amines) is 1. The zero-order chi connectivity index (χ0) is 15.1. The SMILES string of the molecule is Cl.O=C(c1c[nH]c(=O)[nH]1)N1C[C@@H]2CNC[C@@H]2[C@H]1c1ccccc1. The second-order valence-corrected chi connectivity index (χ2v) is 6.05. The number of H-pyrrole nitrogens is 2. The summed E-state index contributed by atoms with van der Waals surface area (Å²) in [5.74, 6) is 0.790. The van der Waals surface area contributed by atoms with E-state index >= 15 is 0 Å². The molecule has 1 amide bonds. The molecule has 2 saturated heterocycles. The van der Waals surface area contributed by atoms with Gasteiger partial charge in [-0.2, -0.15) is 0 Å². The third-order valence-corrected chi connectivity index (χ3v) is 4.79. The number of imidazole rings is 1. The Kier molecular flexibility index (Phi) is 4.28. The fourth-order valence-corrected chi connectivity index (χ4v) is 3.81. The summed E-state index contributed by atoms with van der Waals surface area (Å²) in [6, 6.07) is 10.2. The number of amides is 1. The van der Waals surface area contributed by atoms with E-state index in [1.807, 2.05) is 23.1 Å². The van der Waals surface area contributed by atoms with Crippen molar-refractivity contribution < 1.29 is 4.79 Å². The molecule has 4 rings (SSSR count). The molecule has 3 heterocycles. The van der Waals surface area contributed by atoms with Crippen molar-refractivity contribution in [2.75, 3.05) is 19.6 Å². The average Bonchev–Trinajstić information content (AvgIpc) is 3.22. The molecule has 1 aromatic carbocycles. The Bertz CT molecular complexity index is 742. The second kappa shape index (κ2) is 6.22. The van der Waals surface area contributed by atoms with Crippen molar-refractivity contribution >= 4 is 18.3 Å². The second-order valence-electron chi connectivity index (χ2n) is 6.05. The molecule has 2 aliphatic heterocycles. The quantitative estimate of drug-likeness (QED) is 0.771. The van der Waals surface area contributed by atoms with Gasteiger partial charge in [-0.05, 0) is 11.5 Å². The molecular formula is C16H19ClN4O2. The zero-order valence-corrected chi connectivity index (χ0v) is 13.3. The number of carbonyl (C=O) groups excluding carboxylic acids is 1. The van der Waals surface area contributed by atoms with Crippen LogP contribution in [0, 0.1) is 11.8 Å².